The van der Waals surface area contributed by atoms with E-state index < -0.39 is 0 Å². The summed E-state index contributed by atoms with van der Waals surface area (Å²) in [6.45, 7) is 4.84. The van der Waals surface area contributed by atoms with E-state index in [2.05, 4.69) is 20.7 Å². The topological polar surface area (TPSA) is 71.8 Å². The molecule has 2 aromatic rings. The van der Waals surface area contributed by atoms with Gasteiger partial charge < -0.3 is 10.6 Å². The van der Waals surface area contributed by atoms with Gasteiger partial charge in [-0.15, -0.1) is 0 Å². The molecule has 1 amide bonds. The molecule has 0 saturated carbocycles. The van der Waals surface area contributed by atoms with Crippen molar-refractivity contribution in [3.8, 4) is 0 Å². The fourth-order valence-electron chi connectivity index (χ4n) is 3.09. The Morgan fingerprint density at radius 3 is 3.18 bits per heavy atom. The number of piperidine rings is 1. The summed E-state index contributed by atoms with van der Waals surface area (Å²) in [7, 11) is 1.86. The first-order valence-electron chi connectivity index (χ1n) is 7.93. The predicted octanol–water partition coefficient (Wildman–Crippen LogP) is 1.40. The second-order valence-corrected chi connectivity index (χ2v) is 6.06. The summed E-state index contributed by atoms with van der Waals surface area (Å²) in [6, 6.07) is 1.88. The van der Waals surface area contributed by atoms with Crippen molar-refractivity contribution in [2.75, 3.05) is 19.6 Å². The molecule has 0 bridgehead atoms. The van der Waals surface area contributed by atoms with Crippen molar-refractivity contribution in [2.24, 2.45) is 13.0 Å². The molecular weight excluding hydrogens is 278 g/mol. The summed E-state index contributed by atoms with van der Waals surface area (Å²) in [5.74, 6) is 0.622. The molecule has 0 aliphatic carbocycles. The number of nitrogens with zero attached hydrogens (tertiary/aromatic N) is 3. The Hall–Kier alpha value is -1.95. The zero-order valence-electron chi connectivity index (χ0n) is 13.2. The van der Waals surface area contributed by atoms with Crippen LogP contribution in [0.25, 0.3) is 11.0 Å². The molecule has 1 aliphatic rings. The molecule has 118 valence electrons. The first kappa shape index (κ1) is 15.0. The minimum atomic E-state index is -0.0542. The Kier molecular flexibility index (Phi) is 4.38. The van der Waals surface area contributed by atoms with Gasteiger partial charge in [0.15, 0.2) is 5.65 Å². The van der Waals surface area contributed by atoms with Gasteiger partial charge in [0.2, 0.25) is 0 Å². The van der Waals surface area contributed by atoms with Crippen molar-refractivity contribution in [1.82, 2.24) is 25.4 Å². The van der Waals surface area contributed by atoms with Gasteiger partial charge in [-0.1, -0.05) is 0 Å². The largest absolute Gasteiger partial charge is 0.352 e. The van der Waals surface area contributed by atoms with Crippen molar-refractivity contribution in [3.63, 3.8) is 0 Å². The van der Waals surface area contributed by atoms with Crippen LogP contribution >= 0.6 is 0 Å². The fraction of sp³-hybridized carbons (Fsp3) is 0.562. The first-order chi connectivity index (χ1) is 10.6. The zero-order chi connectivity index (χ0) is 15.5. The number of carbonyl (C=O) groups is 1. The number of hydrogen-bond donors (Lipinski definition) is 2. The number of fused-ring (bicyclic) bond motifs is 1. The Morgan fingerprint density at radius 2 is 2.41 bits per heavy atom. The van der Waals surface area contributed by atoms with Crippen molar-refractivity contribution >= 4 is 16.9 Å². The molecule has 1 aliphatic heterocycles. The highest BCUT2D eigenvalue weighted by molar-refractivity contribution is 5.97. The lowest BCUT2D eigenvalue weighted by molar-refractivity contribution is 0.0950. The molecule has 2 aromatic heterocycles. The summed E-state index contributed by atoms with van der Waals surface area (Å²) in [5, 5.41) is 11.7. The van der Waals surface area contributed by atoms with E-state index in [1.807, 2.05) is 20.0 Å². The molecule has 0 aromatic carbocycles. The van der Waals surface area contributed by atoms with E-state index in [0.29, 0.717) is 11.5 Å². The van der Waals surface area contributed by atoms with Gasteiger partial charge >= 0.3 is 0 Å². The van der Waals surface area contributed by atoms with Gasteiger partial charge in [-0.2, -0.15) is 5.10 Å². The maximum Gasteiger partial charge on any atom is 0.252 e. The maximum absolute atomic E-state index is 12.3. The number of pyridine rings is 1. The Balaban J connectivity index is 1.61. The van der Waals surface area contributed by atoms with Crippen LogP contribution in [0.3, 0.4) is 0 Å². The SMILES string of the molecule is Cc1nn(C)c2ncc(C(=O)NCCC3CCCNC3)cc12. The van der Waals surface area contributed by atoms with E-state index in [1.54, 1.807) is 10.9 Å². The second kappa shape index (κ2) is 6.44. The van der Waals surface area contributed by atoms with Crippen LogP contribution in [0, 0.1) is 12.8 Å². The van der Waals surface area contributed by atoms with Gasteiger partial charge in [-0.05, 0) is 51.3 Å². The number of hydrogen-bond acceptors (Lipinski definition) is 4. The molecule has 1 unspecified atom stereocenters. The highest BCUT2D eigenvalue weighted by Gasteiger charge is 2.14. The zero-order valence-corrected chi connectivity index (χ0v) is 13.2. The number of aromatic nitrogens is 3. The number of carbonyl (C=O) groups excluding carboxylic acids is 1. The highest BCUT2D eigenvalue weighted by Crippen LogP contribution is 2.17. The molecule has 0 spiro atoms. The number of rotatable bonds is 4. The molecule has 22 heavy (non-hydrogen) atoms. The van der Waals surface area contributed by atoms with E-state index in [0.717, 1.165) is 42.8 Å². The van der Waals surface area contributed by atoms with Gasteiger partial charge in [0.25, 0.3) is 5.91 Å². The Bertz CT molecular complexity index is 672. The second-order valence-electron chi connectivity index (χ2n) is 6.06. The third kappa shape index (κ3) is 3.11. The molecule has 2 N–H and O–H groups in total. The summed E-state index contributed by atoms with van der Waals surface area (Å²) in [5.41, 5.74) is 2.31. The lowest BCUT2D eigenvalue weighted by atomic mass is 9.96. The van der Waals surface area contributed by atoms with Crippen LogP contribution in [0.2, 0.25) is 0 Å². The number of nitrogens with one attached hydrogen (secondary N) is 2. The van der Waals surface area contributed by atoms with E-state index in [-0.39, 0.29) is 5.91 Å². The Morgan fingerprint density at radius 1 is 1.55 bits per heavy atom. The minimum absolute atomic E-state index is 0.0542. The van der Waals surface area contributed by atoms with Crippen molar-refractivity contribution in [2.45, 2.75) is 26.2 Å². The van der Waals surface area contributed by atoms with Crippen LogP contribution in [0.15, 0.2) is 12.3 Å². The standard InChI is InChI=1S/C16H23N5O/c1-11-14-8-13(10-19-15(14)21(2)20-11)16(22)18-7-5-12-4-3-6-17-9-12/h8,10,12,17H,3-7,9H2,1-2H3,(H,18,22). The number of amides is 1. The normalized spacial score (nSPS) is 18.5. The van der Waals surface area contributed by atoms with Crippen LogP contribution in [-0.4, -0.2) is 40.3 Å². The van der Waals surface area contributed by atoms with Crippen LogP contribution in [-0.2, 0) is 7.05 Å². The van der Waals surface area contributed by atoms with E-state index in [4.69, 9.17) is 0 Å². The average Bonchev–Trinajstić information content (AvgIpc) is 2.82. The molecule has 1 fully saturated rings. The van der Waals surface area contributed by atoms with Gasteiger partial charge in [0, 0.05) is 25.2 Å². The molecule has 1 atom stereocenters. The molecule has 3 rings (SSSR count). The van der Waals surface area contributed by atoms with Crippen molar-refractivity contribution < 1.29 is 4.79 Å². The molecular formula is C16H23N5O. The third-order valence-corrected chi connectivity index (χ3v) is 4.36. The lowest BCUT2D eigenvalue weighted by Gasteiger charge is -2.22. The summed E-state index contributed by atoms with van der Waals surface area (Å²) in [4.78, 5) is 16.6. The van der Waals surface area contributed by atoms with Gasteiger partial charge in [-0.3, -0.25) is 9.48 Å². The summed E-state index contributed by atoms with van der Waals surface area (Å²) in [6.07, 6.45) is 5.14. The fourth-order valence-corrected chi connectivity index (χ4v) is 3.09. The first-order valence-corrected chi connectivity index (χ1v) is 7.93. The summed E-state index contributed by atoms with van der Waals surface area (Å²) >= 11 is 0. The summed E-state index contributed by atoms with van der Waals surface area (Å²) < 4.78 is 1.74. The molecule has 6 nitrogen and oxygen atoms in total. The quantitative estimate of drug-likeness (QED) is 0.895. The molecule has 0 radical (unpaired) electrons. The Labute approximate surface area is 130 Å². The highest BCUT2D eigenvalue weighted by atomic mass is 16.1. The van der Waals surface area contributed by atoms with Crippen LogP contribution in [0.4, 0.5) is 0 Å². The van der Waals surface area contributed by atoms with E-state index in [9.17, 15) is 4.79 Å². The smallest absolute Gasteiger partial charge is 0.252 e. The van der Waals surface area contributed by atoms with Crippen LogP contribution in [0.1, 0.15) is 35.3 Å². The van der Waals surface area contributed by atoms with Crippen molar-refractivity contribution in [3.05, 3.63) is 23.5 Å². The monoisotopic (exact) mass is 301 g/mol. The third-order valence-electron chi connectivity index (χ3n) is 4.36. The average molecular weight is 301 g/mol. The number of aryl methyl sites for hydroxylation is 2. The van der Waals surface area contributed by atoms with Gasteiger partial charge in [0.1, 0.15) is 0 Å². The van der Waals surface area contributed by atoms with Crippen LogP contribution < -0.4 is 10.6 Å². The van der Waals surface area contributed by atoms with Gasteiger partial charge in [0.05, 0.1) is 11.3 Å². The maximum atomic E-state index is 12.3. The van der Waals surface area contributed by atoms with E-state index in [1.165, 1.54) is 12.8 Å². The minimum Gasteiger partial charge on any atom is -0.352 e. The predicted molar refractivity (Wildman–Crippen MR) is 85.8 cm³/mol. The van der Waals surface area contributed by atoms with Crippen LogP contribution in [0.5, 0.6) is 0 Å². The van der Waals surface area contributed by atoms with Gasteiger partial charge in [-0.25, -0.2) is 4.98 Å². The van der Waals surface area contributed by atoms with E-state index >= 15 is 0 Å². The molecule has 3 heterocycles. The molecule has 6 heteroatoms. The molecule has 1 saturated heterocycles. The van der Waals surface area contributed by atoms with Crippen molar-refractivity contribution in [1.29, 1.82) is 0 Å². The lowest BCUT2D eigenvalue weighted by Crippen LogP contribution is -2.33.